The topological polar surface area (TPSA) is 79.3 Å². The molecule has 2 aromatic rings. The quantitative estimate of drug-likeness (QED) is 0.889. The minimum atomic E-state index is -0.842. The Morgan fingerprint density at radius 3 is 2.62 bits per heavy atom. The number of nitrogens with zero attached hydrogens (tertiary/aromatic N) is 1. The normalized spacial score (nSPS) is 15.4. The zero-order valence-corrected chi connectivity index (χ0v) is 12.0. The molecule has 0 unspecified atom stereocenters. The molecule has 0 aliphatic heterocycles. The molecule has 0 bridgehead atoms. The first-order chi connectivity index (χ1) is 10.1. The van der Waals surface area contributed by atoms with Gasteiger partial charge in [0.15, 0.2) is 0 Å². The zero-order valence-electron chi connectivity index (χ0n) is 11.2. The van der Waals surface area contributed by atoms with Crippen molar-refractivity contribution in [2.75, 3.05) is 6.54 Å². The van der Waals surface area contributed by atoms with Gasteiger partial charge in [-0.2, -0.15) is 0 Å². The van der Waals surface area contributed by atoms with Gasteiger partial charge >= 0.3 is 5.97 Å². The summed E-state index contributed by atoms with van der Waals surface area (Å²) in [6, 6.07) is 9.63. The van der Waals surface area contributed by atoms with Crippen LogP contribution in [0.1, 0.15) is 23.3 Å². The highest BCUT2D eigenvalue weighted by molar-refractivity contribution is 7.13. The van der Waals surface area contributed by atoms with Gasteiger partial charge in [0.25, 0.3) is 5.91 Å². The maximum Gasteiger partial charge on any atom is 0.311 e. The van der Waals surface area contributed by atoms with E-state index in [1.54, 1.807) is 5.38 Å². The number of benzene rings is 1. The number of aliphatic carboxylic acids is 1. The number of aromatic nitrogens is 1. The van der Waals surface area contributed by atoms with E-state index in [1.165, 1.54) is 11.3 Å². The van der Waals surface area contributed by atoms with Crippen molar-refractivity contribution in [1.82, 2.24) is 10.3 Å². The fourth-order valence-corrected chi connectivity index (χ4v) is 2.85. The van der Waals surface area contributed by atoms with E-state index in [0.717, 1.165) is 10.6 Å². The summed E-state index contributed by atoms with van der Waals surface area (Å²) in [5.41, 5.74) is 0.541. The molecule has 1 amide bonds. The summed E-state index contributed by atoms with van der Waals surface area (Å²) in [5.74, 6) is -1.16. The number of carboxylic acids is 1. The number of rotatable bonds is 5. The molecular formula is C15H14N2O3S. The molecule has 3 rings (SSSR count). The largest absolute Gasteiger partial charge is 0.481 e. The van der Waals surface area contributed by atoms with Gasteiger partial charge in [-0.3, -0.25) is 9.59 Å². The maximum atomic E-state index is 12.0. The number of amides is 1. The van der Waals surface area contributed by atoms with Crippen molar-refractivity contribution in [1.29, 1.82) is 0 Å². The van der Waals surface area contributed by atoms with E-state index in [2.05, 4.69) is 10.3 Å². The zero-order chi connectivity index (χ0) is 14.9. The lowest BCUT2D eigenvalue weighted by Crippen LogP contribution is -2.34. The Kier molecular flexibility index (Phi) is 3.47. The first-order valence-corrected chi connectivity index (χ1v) is 7.51. The van der Waals surface area contributed by atoms with Crippen LogP contribution in [0.2, 0.25) is 0 Å². The van der Waals surface area contributed by atoms with E-state index in [-0.39, 0.29) is 12.5 Å². The molecule has 1 aromatic carbocycles. The van der Waals surface area contributed by atoms with E-state index >= 15 is 0 Å². The van der Waals surface area contributed by atoms with Gasteiger partial charge < -0.3 is 10.4 Å². The average molecular weight is 302 g/mol. The monoisotopic (exact) mass is 302 g/mol. The van der Waals surface area contributed by atoms with Gasteiger partial charge in [-0.1, -0.05) is 30.3 Å². The van der Waals surface area contributed by atoms with Crippen molar-refractivity contribution in [3.63, 3.8) is 0 Å². The first kappa shape index (κ1) is 13.8. The minimum Gasteiger partial charge on any atom is -0.481 e. The number of nitrogens with one attached hydrogen (secondary N) is 1. The summed E-state index contributed by atoms with van der Waals surface area (Å²) in [6.07, 6.45) is 1.24. The summed E-state index contributed by atoms with van der Waals surface area (Å²) in [5, 5.41) is 14.2. The number of thiazole rings is 1. The summed E-state index contributed by atoms with van der Waals surface area (Å²) in [6.45, 7) is 0.166. The molecule has 6 heteroatoms. The fourth-order valence-electron chi connectivity index (χ4n) is 2.05. The fraction of sp³-hybridized carbons (Fsp3) is 0.267. The lowest BCUT2D eigenvalue weighted by molar-refractivity contribution is -0.143. The number of carboxylic acid groups (broad SMARTS) is 1. The summed E-state index contributed by atoms with van der Waals surface area (Å²) in [7, 11) is 0. The van der Waals surface area contributed by atoms with Crippen molar-refractivity contribution in [2.45, 2.75) is 12.8 Å². The van der Waals surface area contributed by atoms with Crippen LogP contribution < -0.4 is 5.32 Å². The van der Waals surface area contributed by atoms with Crippen LogP contribution in [0.4, 0.5) is 0 Å². The molecule has 5 nitrogen and oxygen atoms in total. The molecule has 0 radical (unpaired) electrons. The van der Waals surface area contributed by atoms with Gasteiger partial charge in [0.2, 0.25) is 0 Å². The van der Waals surface area contributed by atoms with Crippen molar-refractivity contribution in [3.8, 4) is 10.6 Å². The highest BCUT2D eigenvalue weighted by atomic mass is 32.1. The Hall–Kier alpha value is -2.21. The van der Waals surface area contributed by atoms with E-state index in [4.69, 9.17) is 5.11 Å². The molecule has 2 N–H and O–H groups in total. The maximum absolute atomic E-state index is 12.0. The average Bonchev–Trinajstić information content (AvgIpc) is 3.14. The Morgan fingerprint density at radius 2 is 2.00 bits per heavy atom. The number of carbonyl (C=O) groups is 2. The molecule has 0 saturated heterocycles. The number of hydrogen-bond donors (Lipinski definition) is 2. The highest BCUT2D eigenvalue weighted by Crippen LogP contribution is 2.45. The predicted octanol–water partition coefficient (Wildman–Crippen LogP) is 2.40. The molecule has 1 heterocycles. The molecule has 1 fully saturated rings. The van der Waals surface area contributed by atoms with Crippen LogP contribution in [0.5, 0.6) is 0 Å². The standard InChI is InChI=1S/C15H14N2O3S/c18-12(16-9-15(6-7-15)14(19)20)11-8-21-13(17-11)10-4-2-1-3-5-10/h1-5,8H,6-7,9H2,(H,16,18)(H,19,20). The SMILES string of the molecule is O=C(NCC1(C(=O)O)CC1)c1csc(-c2ccccc2)n1. The Balaban J connectivity index is 1.66. The number of carbonyl (C=O) groups excluding carboxylic acids is 1. The molecule has 1 aromatic heterocycles. The van der Waals surface area contributed by atoms with Crippen molar-refractivity contribution >= 4 is 23.2 Å². The summed E-state index contributed by atoms with van der Waals surface area (Å²) < 4.78 is 0. The van der Waals surface area contributed by atoms with Gasteiger partial charge in [-0.05, 0) is 12.8 Å². The van der Waals surface area contributed by atoms with Gasteiger partial charge in [-0.15, -0.1) is 11.3 Å². The van der Waals surface area contributed by atoms with Gasteiger partial charge in [0.1, 0.15) is 10.7 Å². The van der Waals surface area contributed by atoms with Crippen LogP contribution in [-0.4, -0.2) is 28.5 Å². The van der Waals surface area contributed by atoms with Gasteiger partial charge in [-0.25, -0.2) is 4.98 Å². The van der Waals surface area contributed by atoms with E-state index in [9.17, 15) is 9.59 Å². The van der Waals surface area contributed by atoms with Crippen molar-refractivity contribution in [3.05, 3.63) is 41.4 Å². The molecule has 1 saturated carbocycles. The van der Waals surface area contributed by atoms with Crippen LogP contribution in [0.3, 0.4) is 0 Å². The lowest BCUT2D eigenvalue weighted by Gasteiger charge is -2.09. The van der Waals surface area contributed by atoms with Crippen LogP contribution in [-0.2, 0) is 4.79 Å². The smallest absolute Gasteiger partial charge is 0.311 e. The third-order valence-electron chi connectivity index (χ3n) is 3.65. The Morgan fingerprint density at radius 1 is 1.29 bits per heavy atom. The molecule has 0 atom stereocenters. The van der Waals surface area contributed by atoms with Gasteiger partial charge in [0.05, 0.1) is 5.41 Å². The third-order valence-corrected chi connectivity index (χ3v) is 4.54. The second kappa shape index (κ2) is 5.29. The molecule has 21 heavy (non-hydrogen) atoms. The summed E-state index contributed by atoms with van der Waals surface area (Å²) in [4.78, 5) is 27.4. The van der Waals surface area contributed by atoms with Crippen LogP contribution >= 0.6 is 11.3 Å². The highest BCUT2D eigenvalue weighted by Gasteiger charge is 2.50. The van der Waals surface area contributed by atoms with Crippen LogP contribution in [0.25, 0.3) is 10.6 Å². The molecule has 1 aliphatic carbocycles. The predicted molar refractivity (Wildman–Crippen MR) is 79.2 cm³/mol. The number of hydrogen-bond acceptors (Lipinski definition) is 4. The van der Waals surface area contributed by atoms with Crippen LogP contribution in [0.15, 0.2) is 35.7 Å². The molecular weight excluding hydrogens is 288 g/mol. The van der Waals surface area contributed by atoms with E-state index in [1.807, 2.05) is 30.3 Å². The first-order valence-electron chi connectivity index (χ1n) is 6.63. The molecule has 0 spiro atoms. The minimum absolute atomic E-state index is 0.166. The Bertz CT molecular complexity index is 677. The third kappa shape index (κ3) is 2.80. The Labute approximate surface area is 125 Å². The van der Waals surface area contributed by atoms with E-state index < -0.39 is 11.4 Å². The molecule has 1 aliphatic rings. The van der Waals surface area contributed by atoms with Crippen molar-refractivity contribution < 1.29 is 14.7 Å². The van der Waals surface area contributed by atoms with Crippen LogP contribution in [0, 0.1) is 5.41 Å². The van der Waals surface area contributed by atoms with Crippen molar-refractivity contribution in [2.24, 2.45) is 5.41 Å². The van der Waals surface area contributed by atoms with E-state index in [0.29, 0.717) is 18.5 Å². The summed E-state index contributed by atoms with van der Waals surface area (Å²) >= 11 is 1.40. The second-order valence-electron chi connectivity index (χ2n) is 5.17. The van der Waals surface area contributed by atoms with Gasteiger partial charge in [0, 0.05) is 17.5 Å². The second-order valence-corrected chi connectivity index (χ2v) is 6.03. The lowest BCUT2D eigenvalue weighted by atomic mass is 10.1. The molecule has 108 valence electrons.